The standard InChI is InChI=1S/C10H11N7O/c1-5(7-11-2-3-12-7)15-10-16-8-6(9(18)17-10)13-4-14-8/h2-5H,1H3,(H,11,12)(H3,13,14,15,16,17,18). The fourth-order valence-corrected chi connectivity index (χ4v) is 1.70. The lowest BCUT2D eigenvalue weighted by Crippen LogP contribution is -2.16. The van der Waals surface area contributed by atoms with E-state index in [0.717, 1.165) is 5.82 Å². The highest BCUT2D eigenvalue weighted by Gasteiger charge is 2.11. The predicted octanol–water partition coefficient (Wildman–Crippen LogP) is 0.542. The van der Waals surface area contributed by atoms with E-state index in [1.165, 1.54) is 6.33 Å². The van der Waals surface area contributed by atoms with Gasteiger partial charge in [-0.25, -0.2) is 9.97 Å². The van der Waals surface area contributed by atoms with Crippen molar-refractivity contribution in [2.75, 3.05) is 5.32 Å². The molecule has 0 aliphatic carbocycles. The van der Waals surface area contributed by atoms with Crippen molar-refractivity contribution in [3.63, 3.8) is 0 Å². The fourth-order valence-electron chi connectivity index (χ4n) is 1.70. The molecule has 92 valence electrons. The van der Waals surface area contributed by atoms with E-state index in [1.54, 1.807) is 12.4 Å². The van der Waals surface area contributed by atoms with Crippen LogP contribution in [0.1, 0.15) is 18.8 Å². The van der Waals surface area contributed by atoms with Gasteiger partial charge in [0, 0.05) is 12.4 Å². The molecule has 0 bridgehead atoms. The topological polar surface area (TPSA) is 115 Å². The van der Waals surface area contributed by atoms with Gasteiger partial charge >= 0.3 is 0 Å². The maximum absolute atomic E-state index is 11.7. The van der Waals surface area contributed by atoms with E-state index in [0.29, 0.717) is 17.1 Å². The molecule has 1 unspecified atom stereocenters. The highest BCUT2D eigenvalue weighted by molar-refractivity contribution is 5.69. The summed E-state index contributed by atoms with van der Waals surface area (Å²) in [5.41, 5.74) is 0.467. The number of imidazole rings is 2. The van der Waals surface area contributed by atoms with Gasteiger partial charge in [0.15, 0.2) is 11.2 Å². The molecule has 3 rings (SSSR count). The molecule has 0 saturated heterocycles. The third-order valence-corrected chi connectivity index (χ3v) is 2.57. The summed E-state index contributed by atoms with van der Waals surface area (Å²) in [4.78, 5) is 32.3. The van der Waals surface area contributed by atoms with Gasteiger partial charge in [-0.05, 0) is 6.92 Å². The number of hydrogen-bond acceptors (Lipinski definition) is 5. The minimum absolute atomic E-state index is 0.0940. The first-order valence-corrected chi connectivity index (χ1v) is 5.43. The van der Waals surface area contributed by atoms with Crippen molar-refractivity contribution in [2.45, 2.75) is 13.0 Å². The quantitative estimate of drug-likeness (QED) is 0.537. The molecule has 0 saturated carbocycles. The van der Waals surface area contributed by atoms with Gasteiger partial charge in [-0.2, -0.15) is 4.98 Å². The lowest BCUT2D eigenvalue weighted by molar-refractivity contribution is 0.795. The maximum atomic E-state index is 11.7. The van der Waals surface area contributed by atoms with E-state index in [1.807, 2.05) is 6.92 Å². The van der Waals surface area contributed by atoms with Crippen LogP contribution < -0.4 is 10.9 Å². The number of hydrogen-bond donors (Lipinski definition) is 4. The van der Waals surface area contributed by atoms with Gasteiger partial charge in [-0.15, -0.1) is 0 Å². The average Bonchev–Trinajstić information content (AvgIpc) is 2.99. The predicted molar refractivity (Wildman–Crippen MR) is 65.1 cm³/mol. The number of aromatic nitrogens is 6. The molecule has 0 radical (unpaired) electrons. The molecule has 0 spiro atoms. The summed E-state index contributed by atoms with van der Waals surface area (Å²) in [6.45, 7) is 1.91. The first-order chi connectivity index (χ1) is 8.74. The van der Waals surface area contributed by atoms with E-state index in [-0.39, 0.29) is 11.6 Å². The summed E-state index contributed by atoms with van der Waals surface area (Å²) in [6.07, 6.45) is 4.84. The van der Waals surface area contributed by atoms with Gasteiger partial charge in [0.05, 0.1) is 12.4 Å². The van der Waals surface area contributed by atoms with E-state index in [4.69, 9.17) is 0 Å². The number of H-pyrrole nitrogens is 3. The molecule has 3 aromatic heterocycles. The van der Waals surface area contributed by atoms with Crippen molar-refractivity contribution in [2.24, 2.45) is 0 Å². The first kappa shape index (κ1) is 10.5. The van der Waals surface area contributed by atoms with Crippen LogP contribution in [0.3, 0.4) is 0 Å². The fraction of sp³-hybridized carbons (Fsp3) is 0.200. The number of fused-ring (bicyclic) bond motifs is 1. The van der Waals surface area contributed by atoms with E-state index >= 15 is 0 Å². The molecule has 3 heterocycles. The smallest absolute Gasteiger partial charge is 0.280 e. The molecule has 0 aliphatic rings. The second kappa shape index (κ2) is 3.99. The van der Waals surface area contributed by atoms with Crippen LogP contribution in [0.2, 0.25) is 0 Å². The van der Waals surface area contributed by atoms with E-state index in [9.17, 15) is 4.79 Å². The molecule has 3 aromatic rings. The average molecular weight is 245 g/mol. The third kappa shape index (κ3) is 1.73. The number of aromatic amines is 3. The van der Waals surface area contributed by atoms with Crippen molar-refractivity contribution in [1.82, 2.24) is 29.9 Å². The zero-order chi connectivity index (χ0) is 12.5. The van der Waals surface area contributed by atoms with Gasteiger partial charge in [0.1, 0.15) is 5.82 Å². The molecular formula is C10H11N7O. The van der Waals surface area contributed by atoms with Crippen LogP contribution in [-0.4, -0.2) is 29.9 Å². The Balaban J connectivity index is 1.93. The molecule has 4 N–H and O–H groups in total. The minimum atomic E-state index is -0.282. The Morgan fingerprint density at radius 3 is 3.00 bits per heavy atom. The molecule has 0 amide bonds. The van der Waals surface area contributed by atoms with Crippen LogP contribution in [0, 0.1) is 0 Å². The summed E-state index contributed by atoms with van der Waals surface area (Å²) >= 11 is 0. The Morgan fingerprint density at radius 2 is 2.22 bits per heavy atom. The summed E-state index contributed by atoms with van der Waals surface area (Å²) in [6, 6.07) is -0.0940. The Bertz CT molecular complexity index is 711. The van der Waals surface area contributed by atoms with Crippen LogP contribution >= 0.6 is 0 Å². The number of rotatable bonds is 3. The van der Waals surface area contributed by atoms with Crippen molar-refractivity contribution < 1.29 is 0 Å². The Hall–Kier alpha value is -2.64. The van der Waals surface area contributed by atoms with Crippen LogP contribution in [0.5, 0.6) is 0 Å². The molecule has 8 nitrogen and oxygen atoms in total. The van der Waals surface area contributed by atoms with Gasteiger partial charge in [-0.3, -0.25) is 9.78 Å². The van der Waals surface area contributed by atoms with Crippen molar-refractivity contribution in [3.8, 4) is 0 Å². The summed E-state index contributed by atoms with van der Waals surface area (Å²) in [5.74, 6) is 1.14. The Labute approximate surface area is 101 Å². The molecule has 1 atom stereocenters. The summed E-state index contributed by atoms with van der Waals surface area (Å²) in [5, 5.41) is 3.06. The Morgan fingerprint density at radius 1 is 1.33 bits per heavy atom. The lowest BCUT2D eigenvalue weighted by Gasteiger charge is -2.11. The molecule has 18 heavy (non-hydrogen) atoms. The van der Waals surface area contributed by atoms with E-state index < -0.39 is 0 Å². The van der Waals surface area contributed by atoms with Crippen LogP contribution in [0.15, 0.2) is 23.5 Å². The maximum Gasteiger partial charge on any atom is 0.280 e. The SMILES string of the molecule is CC(Nc1nc2[nH]cnc2c(=O)[nH]1)c1ncc[nH]1. The zero-order valence-corrected chi connectivity index (χ0v) is 9.56. The highest BCUT2D eigenvalue weighted by atomic mass is 16.1. The van der Waals surface area contributed by atoms with Crippen LogP contribution in [0.4, 0.5) is 5.95 Å². The zero-order valence-electron chi connectivity index (χ0n) is 9.56. The van der Waals surface area contributed by atoms with Crippen LogP contribution in [-0.2, 0) is 0 Å². The summed E-state index contributed by atoms with van der Waals surface area (Å²) in [7, 11) is 0. The van der Waals surface area contributed by atoms with Gasteiger partial charge < -0.3 is 15.3 Å². The first-order valence-electron chi connectivity index (χ1n) is 5.43. The number of nitrogens with zero attached hydrogens (tertiary/aromatic N) is 3. The Kier molecular flexibility index (Phi) is 2.33. The summed E-state index contributed by atoms with van der Waals surface area (Å²) < 4.78 is 0. The number of nitrogens with one attached hydrogen (secondary N) is 4. The highest BCUT2D eigenvalue weighted by Crippen LogP contribution is 2.12. The molecule has 0 aromatic carbocycles. The van der Waals surface area contributed by atoms with Crippen molar-refractivity contribution >= 4 is 17.1 Å². The molecule has 0 fully saturated rings. The monoisotopic (exact) mass is 245 g/mol. The van der Waals surface area contributed by atoms with Gasteiger partial charge in [-0.1, -0.05) is 0 Å². The van der Waals surface area contributed by atoms with Crippen molar-refractivity contribution in [3.05, 3.63) is 34.9 Å². The van der Waals surface area contributed by atoms with Crippen LogP contribution in [0.25, 0.3) is 11.2 Å². The largest absolute Gasteiger partial charge is 0.347 e. The van der Waals surface area contributed by atoms with Gasteiger partial charge in [0.25, 0.3) is 5.56 Å². The van der Waals surface area contributed by atoms with E-state index in [2.05, 4.69) is 35.2 Å². The normalized spacial score (nSPS) is 12.7. The molecule has 8 heteroatoms. The molecule has 0 aliphatic heterocycles. The van der Waals surface area contributed by atoms with Gasteiger partial charge in [0.2, 0.25) is 5.95 Å². The minimum Gasteiger partial charge on any atom is -0.347 e. The molecular weight excluding hydrogens is 234 g/mol. The second-order valence-corrected chi connectivity index (χ2v) is 3.85. The second-order valence-electron chi connectivity index (χ2n) is 3.85. The van der Waals surface area contributed by atoms with Crippen molar-refractivity contribution in [1.29, 1.82) is 0 Å². The third-order valence-electron chi connectivity index (χ3n) is 2.57. The lowest BCUT2D eigenvalue weighted by atomic mass is 10.3. The number of anilines is 1.